The Morgan fingerprint density at radius 2 is 1.93 bits per heavy atom. The molecule has 0 bridgehead atoms. The van der Waals surface area contributed by atoms with Crippen molar-refractivity contribution in [2.24, 2.45) is 0 Å². The number of hydrogen-bond donors (Lipinski definition) is 1. The van der Waals surface area contributed by atoms with Crippen LogP contribution in [0.2, 0.25) is 0 Å². The van der Waals surface area contributed by atoms with E-state index in [2.05, 4.69) is 5.32 Å². The number of amides is 2. The number of carbonyl (C=O) groups excluding carboxylic acids is 2. The average molecular weight is 411 g/mol. The van der Waals surface area contributed by atoms with Gasteiger partial charge in [0.25, 0.3) is 11.5 Å². The predicted octanol–water partition coefficient (Wildman–Crippen LogP) is 2.94. The van der Waals surface area contributed by atoms with Gasteiger partial charge in [-0.15, -0.1) is 0 Å². The largest absolute Gasteiger partial charge is 0.349 e. The SMILES string of the molecule is CCCCC(=O)N1CCc2c(cn(-c3ccc(F)cc3)c(=O)c2C(=O)NC2CC2)C1. The first-order chi connectivity index (χ1) is 14.5. The van der Waals surface area contributed by atoms with E-state index in [1.54, 1.807) is 11.1 Å². The summed E-state index contributed by atoms with van der Waals surface area (Å²) in [4.78, 5) is 40.5. The van der Waals surface area contributed by atoms with Crippen LogP contribution in [0.15, 0.2) is 35.3 Å². The molecule has 2 amide bonds. The van der Waals surface area contributed by atoms with Gasteiger partial charge in [0.1, 0.15) is 11.4 Å². The number of rotatable bonds is 6. The lowest BCUT2D eigenvalue weighted by atomic mass is 9.95. The molecule has 158 valence electrons. The highest BCUT2D eigenvalue weighted by atomic mass is 19.1. The number of nitrogens with one attached hydrogen (secondary N) is 1. The molecule has 1 aliphatic heterocycles. The number of pyridine rings is 1. The fourth-order valence-corrected chi connectivity index (χ4v) is 3.87. The summed E-state index contributed by atoms with van der Waals surface area (Å²) < 4.78 is 14.8. The van der Waals surface area contributed by atoms with Gasteiger partial charge in [-0.3, -0.25) is 19.0 Å². The molecule has 1 aromatic carbocycles. The fourth-order valence-electron chi connectivity index (χ4n) is 3.87. The van der Waals surface area contributed by atoms with Crippen molar-refractivity contribution < 1.29 is 14.0 Å². The second-order valence-electron chi connectivity index (χ2n) is 8.08. The smallest absolute Gasteiger partial charge is 0.268 e. The Labute approximate surface area is 174 Å². The molecule has 2 aromatic rings. The Morgan fingerprint density at radius 3 is 2.60 bits per heavy atom. The summed E-state index contributed by atoms with van der Waals surface area (Å²) >= 11 is 0. The predicted molar refractivity (Wildman–Crippen MR) is 111 cm³/mol. The van der Waals surface area contributed by atoms with E-state index < -0.39 is 11.4 Å². The Kier molecular flexibility index (Phi) is 5.70. The molecule has 1 saturated carbocycles. The van der Waals surface area contributed by atoms with E-state index >= 15 is 0 Å². The van der Waals surface area contributed by atoms with Crippen LogP contribution in [0, 0.1) is 5.82 Å². The van der Waals surface area contributed by atoms with Crippen LogP contribution in [0.4, 0.5) is 4.39 Å². The van der Waals surface area contributed by atoms with E-state index in [4.69, 9.17) is 0 Å². The van der Waals surface area contributed by atoms with Gasteiger partial charge in [0.2, 0.25) is 5.91 Å². The summed E-state index contributed by atoms with van der Waals surface area (Å²) in [5, 5.41) is 2.92. The maximum Gasteiger partial charge on any atom is 0.268 e. The van der Waals surface area contributed by atoms with Crippen LogP contribution < -0.4 is 10.9 Å². The maximum atomic E-state index is 13.4. The highest BCUT2D eigenvalue weighted by molar-refractivity contribution is 5.96. The van der Waals surface area contributed by atoms with Crippen LogP contribution in [0.5, 0.6) is 0 Å². The minimum absolute atomic E-state index is 0.0889. The molecule has 1 N–H and O–H groups in total. The summed E-state index contributed by atoms with van der Waals surface area (Å²) in [6, 6.07) is 5.72. The lowest BCUT2D eigenvalue weighted by Crippen LogP contribution is -2.41. The van der Waals surface area contributed by atoms with Crippen molar-refractivity contribution in [2.75, 3.05) is 6.54 Å². The Balaban J connectivity index is 1.75. The number of carbonyl (C=O) groups is 2. The van der Waals surface area contributed by atoms with Crippen LogP contribution in [0.3, 0.4) is 0 Å². The van der Waals surface area contributed by atoms with Gasteiger partial charge >= 0.3 is 0 Å². The second kappa shape index (κ2) is 8.42. The van der Waals surface area contributed by atoms with Gasteiger partial charge in [-0.2, -0.15) is 0 Å². The number of fused-ring (bicyclic) bond motifs is 1. The molecule has 0 atom stereocenters. The van der Waals surface area contributed by atoms with Crippen molar-refractivity contribution in [3.8, 4) is 5.69 Å². The van der Waals surface area contributed by atoms with Gasteiger partial charge in [-0.1, -0.05) is 13.3 Å². The monoisotopic (exact) mass is 411 g/mol. The molecule has 2 heterocycles. The molecule has 0 spiro atoms. The number of nitrogens with zero attached hydrogens (tertiary/aromatic N) is 2. The zero-order valence-corrected chi connectivity index (χ0v) is 17.1. The van der Waals surface area contributed by atoms with E-state index in [1.165, 1.54) is 28.8 Å². The summed E-state index contributed by atoms with van der Waals surface area (Å²) in [5.74, 6) is -0.670. The molecule has 1 aromatic heterocycles. The third-order valence-corrected chi connectivity index (χ3v) is 5.74. The molecule has 1 aliphatic carbocycles. The first kappa shape index (κ1) is 20.3. The first-order valence-corrected chi connectivity index (χ1v) is 10.6. The van der Waals surface area contributed by atoms with Gasteiger partial charge in [-0.25, -0.2) is 4.39 Å². The van der Waals surface area contributed by atoms with E-state index in [1.807, 2.05) is 6.92 Å². The molecule has 4 rings (SSSR count). The third kappa shape index (κ3) is 4.15. The number of unbranched alkanes of at least 4 members (excludes halogenated alkanes) is 1. The van der Waals surface area contributed by atoms with Gasteiger partial charge in [0.05, 0.1) is 0 Å². The molecular weight excluding hydrogens is 385 g/mol. The summed E-state index contributed by atoms with van der Waals surface area (Å²) in [7, 11) is 0. The van der Waals surface area contributed by atoms with Crippen molar-refractivity contribution in [1.29, 1.82) is 0 Å². The number of aromatic nitrogens is 1. The molecule has 0 unspecified atom stereocenters. The van der Waals surface area contributed by atoms with Crippen LogP contribution in [0.1, 0.15) is 60.5 Å². The minimum atomic E-state index is -0.413. The zero-order valence-electron chi connectivity index (χ0n) is 17.1. The lowest BCUT2D eigenvalue weighted by molar-refractivity contribution is -0.132. The summed E-state index contributed by atoms with van der Waals surface area (Å²) in [5.41, 5.74) is 1.72. The summed E-state index contributed by atoms with van der Waals surface area (Å²) in [6.45, 7) is 2.91. The maximum absolute atomic E-state index is 13.4. The Hall–Kier alpha value is -2.96. The normalized spacial score (nSPS) is 15.6. The number of benzene rings is 1. The zero-order chi connectivity index (χ0) is 21.3. The van der Waals surface area contributed by atoms with Crippen LogP contribution in [0.25, 0.3) is 5.69 Å². The summed E-state index contributed by atoms with van der Waals surface area (Å²) in [6.07, 6.45) is 6.30. The van der Waals surface area contributed by atoms with E-state index in [0.717, 1.165) is 36.8 Å². The van der Waals surface area contributed by atoms with Gasteiger partial charge in [0, 0.05) is 37.4 Å². The van der Waals surface area contributed by atoms with E-state index in [-0.39, 0.29) is 23.4 Å². The average Bonchev–Trinajstić information content (AvgIpc) is 3.55. The molecule has 7 heteroatoms. The molecule has 1 fully saturated rings. The molecular formula is C23H26FN3O3. The minimum Gasteiger partial charge on any atom is -0.349 e. The van der Waals surface area contributed by atoms with Crippen LogP contribution in [-0.2, 0) is 17.8 Å². The van der Waals surface area contributed by atoms with Gasteiger partial charge < -0.3 is 10.2 Å². The third-order valence-electron chi connectivity index (χ3n) is 5.74. The molecule has 6 nitrogen and oxygen atoms in total. The Bertz CT molecular complexity index is 1030. The van der Waals surface area contributed by atoms with Crippen LogP contribution in [-0.4, -0.2) is 33.9 Å². The molecule has 2 aliphatic rings. The van der Waals surface area contributed by atoms with Crippen molar-refractivity contribution in [3.63, 3.8) is 0 Å². The first-order valence-electron chi connectivity index (χ1n) is 10.6. The van der Waals surface area contributed by atoms with Crippen molar-refractivity contribution in [1.82, 2.24) is 14.8 Å². The topological polar surface area (TPSA) is 71.4 Å². The standard InChI is InChI=1S/C23H26FN3O3/c1-2-3-4-20(28)26-12-11-19-15(13-26)14-27(18-9-5-16(24)6-10-18)23(30)21(19)22(29)25-17-7-8-17/h5-6,9-10,14,17H,2-4,7-8,11-13H2,1H3,(H,25,29). The van der Waals surface area contributed by atoms with Crippen molar-refractivity contribution >= 4 is 11.8 Å². The fraction of sp³-hybridized carbons (Fsp3) is 0.435. The van der Waals surface area contributed by atoms with Gasteiger partial charge in [-0.05, 0) is 61.1 Å². The number of hydrogen-bond acceptors (Lipinski definition) is 3. The van der Waals surface area contributed by atoms with Gasteiger partial charge in [0.15, 0.2) is 0 Å². The lowest BCUT2D eigenvalue weighted by Gasteiger charge is -2.30. The van der Waals surface area contributed by atoms with E-state index in [0.29, 0.717) is 31.6 Å². The Morgan fingerprint density at radius 1 is 1.20 bits per heavy atom. The quantitative estimate of drug-likeness (QED) is 0.795. The van der Waals surface area contributed by atoms with Crippen LogP contribution >= 0.6 is 0 Å². The highest BCUT2D eigenvalue weighted by Gasteiger charge is 2.31. The molecule has 30 heavy (non-hydrogen) atoms. The van der Waals surface area contributed by atoms with Crippen molar-refractivity contribution in [3.05, 3.63) is 63.3 Å². The highest BCUT2D eigenvalue weighted by Crippen LogP contribution is 2.25. The number of halogens is 1. The molecule has 0 saturated heterocycles. The van der Waals surface area contributed by atoms with Crippen molar-refractivity contribution in [2.45, 2.75) is 58.0 Å². The molecule has 0 radical (unpaired) electrons. The van der Waals surface area contributed by atoms with E-state index in [9.17, 15) is 18.8 Å². The second-order valence-corrected chi connectivity index (χ2v) is 8.08.